The first-order valence-electron chi connectivity index (χ1n) is 7.53. The van der Waals surface area contributed by atoms with Gasteiger partial charge in [-0.25, -0.2) is 9.78 Å². The Hall–Kier alpha value is -2.95. The standard InChI is InChI=1S/C18H14N2O3/c21-17-14-9-8-12(18(22)23-13-5-2-1-3-6-13)11-15(14)19-16-7-4-10-20(16)17/h1-3,5-6,8-9,11H,4,7,10H2. The van der Waals surface area contributed by atoms with Crippen molar-refractivity contribution in [2.24, 2.45) is 0 Å². The van der Waals surface area contributed by atoms with E-state index in [2.05, 4.69) is 4.98 Å². The second kappa shape index (κ2) is 5.35. The van der Waals surface area contributed by atoms with E-state index in [1.54, 1.807) is 47.0 Å². The Morgan fingerprint density at radius 1 is 1.13 bits per heavy atom. The number of hydrogen-bond donors (Lipinski definition) is 0. The zero-order chi connectivity index (χ0) is 15.8. The second-order valence-electron chi connectivity index (χ2n) is 5.52. The topological polar surface area (TPSA) is 61.2 Å². The van der Waals surface area contributed by atoms with Crippen LogP contribution < -0.4 is 10.3 Å². The monoisotopic (exact) mass is 306 g/mol. The van der Waals surface area contributed by atoms with Gasteiger partial charge in [0, 0.05) is 13.0 Å². The number of fused-ring (bicyclic) bond motifs is 2. The first-order valence-corrected chi connectivity index (χ1v) is 7.53. The van der Waals surface area contributed by atoms with E-state index < -0.39 is 5.97 Å². The molecule has 0 bridgehead atoms. The predicted molar refractivity (Wildman–Crippen MR) is 85.7 cm³/mol. The number of hydrogen-bond acceptors (Lipinski definition) is 4. The van der Waals surface area contributed by atoms with Crippen molar-refractivity contribution in [3.8, 4) is 5.75 Å². The average Bonchev–Trinajstić information content (AvgIpc) is 3.04. The molecule has 0 saturated carbocycles. The molecule has 1 aliphatic heterocycles. The minimum absolute atomic E-state index is 0.0366. The Labute approximate surface area is 132 Å². The second-order valence-corrected chi connectivity index (χ2v) is 5.52. The molecule has 0 radical (unpaired) electrons. The van der Waals surface area contributed by atoms with E-state index in [-0.39, 0.29) is 5.56 Å². The molecule has 114 valence electrons. The van der Waals surface area contributed by atoms with Gasteiger partial charge in [0.25, 0.3) is 5.56 Å². The van der Waals surface area contributed by atoms with Crippen molar-refractivity contribution in [1.82, 2.24) is 9.55 Å². The van der Waals surface area contributed by atoms with Gasteiger partial charge in [-0.1, -0.05) is 18.2 Å². The Bertz CT molecular complexity index is 961. The molecule has 2 heterocycles. The molecule has 0 fully saturated rings. The average molecular weight is 306 g/mol. The number of carbonyl (C=O) groups excluding carboxylic acids is 1. The molecule has 23 heavy (non-hydrogen) atoms. The van der Waals surface area contributed by atoms with E-state index in [0.717, 1.165) is 25.2 Å². The highest BCUT2D eigenvalue weighted by Crippen LogP contribution is 2.18. The maximum Gasteiger partial charge on any atom is 0.343 e. The molecule has 0 saturated heterocycles. The van der Waals surface area contributed by atoms with Crippen LogP contribution in [-0.2, 0) is 13.0 Å². The van der Waals surface area contributed by atoms with E-state index >= 15 is 0 Å². The Kier molecular flexibility index (Phi) is 3.19. The molecule has 2 aromatic carbocycles. The van der Waals surface area contributed by atoms with Gasteiger partial charge in [-0.05, 0) is 36.8 Å². The van der Waals surface area contributed by atoms with Crippen LogP contribution in [0, 0.1) is 0 Å². The summed E-state index contributed by atoms with van der Waals surface area (Å²) in [6.45, 7) is 0.717. The molecule has 0 N–H and O–H groups in total. The zero-order valence-corrected chi connectivity index (χ0v) is 12.4. The van der Waals surface area contributed by atoms with E-state index in [0.29, 0.717) is 22.2 Å². The number of esters is 1. The highest BCUT2D eigenvalue weighted by atomic mass is 16.5. The molecule has 0 aliphatic carbocycles. The fourth-order valence-corrected chi connectivity index (χ4v) is 2.87. The van der Waals surface area contributed by atoms with Crippen LogP contribution in [0.15, 0.2) is 53.3 Å². The number of nitrogens with zero attached hydrogens (tertiary/aromatic N) is 2. The summed E-state index contributed by atoms with van der Waals surface area (Å²) < 4.78 is 7.03. The number of benzene rings is 2. The fraction of sp³-hybridized carbons (Fsp3) is 0.167. The van der Waals surface area contributed by atoms with Crippen LogP contribution in [0.5, 0.6) is 5.75 Å². The molecule has 4 rings (SSSR count). The van der Waals surface area contributed by atoms with Gasteiger partial charge in [-0.2, -0.15) is 0 Å². The SMILES string of the molecule is O=C(Oc1ccccc1)c1ccc2c(=O)n3c(nc2c1)CCC3. The van der Waals surface area contributed by atoms with E-state index in [1.807, 2.05) is 6.07 Å². The molecule has 5 heteroatoms. The van der Waals surface area contributed by atoms with Crippen molar-refractivity contribution < 1.29 is 9.53 Å². The molecule has 0 unspecified atom stereocenters. The minimum Gasteiger partial charge on any atom is -0.423 e. The lowest BCUT2D eigenvalue weighted by Crippen LogP contribution is -2.21. The van der Waals surface area contributed by atoms with E-state index in [4.69, 9.17) is 4.74 Å². The van der Waals surface area contributed by atoms with Crippen molar-refractivity contribution in [1.29, 1.82) is 0 Å². The third kappa shape index (κ3) is 2.40. The normalized spacial score (nSPS) is 13.0. The smallest absolute Gasteiger partial charge is 0.343 e. The van der Waals surface area contributed by atoms with Crippen LogP contribution in [0.25, 0.3) is 10.9 Å². The molecule has 5 nitrogen and oxygen atoms in total. The highest BCUT2D eigenvalue weighted by Gasteiger charge is 2.17. The van der Waals surface area contributed by atoms with Crippen LogP contribution in [0.2, 0.25) is 0 Å². The summed E-state index contributed by atoms with van der Waals surface area (Å²) in [5.74, 6) is 0.816. The molecule has 3 aromatic rings. The molecular formula is C18H14N2O3. The molecule has 1 aromatic heterocycles. The van der Waals surface area contributed by atoms with E-state index in [1.165, 1.54) is 0 Å². The van der Waals surface area contributed by atoms with Gasteiger partial charge in [-0.15, -0.1) is 0 Å². The third-order valence-electron chi connectivity index (χ3n) is 4.01. The minimum atomic E-state index is -0.458. The largest absolute Gasteiger partial charge is 0.423 e. The van der Waals surface area contributed by atoms with Crippen LogP contribution in [-0.4, -0.2) is 15.5 Å². The summed E-state index contributed by atoms with van der Waals surface area (Å²) in [5, 5.41) is 0.534. The van der Waals surface area contributed by atoms with Crippen molar-refractivity contribution in [2.45, 2.75) is 19.4 Å². The number of para-hydroxylation sites is 1. The number of aromatic nitrogens is 2. The van der Waals surface area contributed by atoms with Gasteiger partial charge in [0.1, 0.15) is 11.6 Å². The van der Waals surface area contributed by atoms with Crippen LogP contribution in [0.3, 0.4) is 0 Å². The van der Waals surface area contributed by atoms with Crippen molar-refractivity contribution in [3.63, 3.8) is 0 Å². The predicted octanol–water partition coefficient (Wildman–Crippen LogP) is 2.56. The maximum atomic E-state index is 12.4. The molecule has 0 atom stereocenters. The first kappa shape index (κ1) is 13.7. The fourth-order valence-electron chi connectivity index (χ4n) is 2.87. The zero-order valence-electron chi connectivity index (χ0n) is 12.4. The van der Waals surface area contributed by atoms with Crippen molar-refractivity contribution >= 4 is 16.9 Å². The maximum absolute atomic E-state index is 12.4. The van der Waals surface area contributed by atoms with E-state index in [9.17, 15) is 9.59 Å². The van der Waals surface area contributed by atoms with Gasteiger partial charge in [0.15, 0.2) is 0 Å². The Morgan fingerprint density at radius 3 is 2.78 bits per heavy atom. The van der Waals surface area contributed by atoms with Crippen LogP contribution >= 0.6 is 0 Å². The molecule has 0 spiro atoms. The lowest BCUT2D eigenvalue weighted by Gasteiger charge is -2.07. The van der Waals surface area contributed by atoms with Crippen molar-refractivity contribution in [3.05, 3.63) is 70.3 Å². The molecule has 1 aliphatic rings. The number of ether oxygens (including phenoxy) is 1. The summed E-state index contributed by atoms with van der Waals surface area (Å²) in [5.41, 5.74) is 0.896. The third-order valence-corrected chi connectivity index (χ3v) is 4.01. The van der Waals surface area contributed by atoms with Gasteiger partial charge < -0.3 is 4.74 Å². The molecule has 0 amide bonds. The van der Waals surface area contributed by atoms with Crippen LogP contribution in [0.4, 0.5) is 0 Å². The van der Waals surface area contributed by atoms with Gasteiger partial charge in [-0.3, -0.25) is 9.36 Å². The highest BCUT2D eigenvalue weighted by molar-refractivity contribution is 5.95. The number of rotatable bonds is 2. The summed E-state index contributed by atoms with van der Waals surface area (Å²) in [7, 11) is 0. The van der Waals surface area contributed by atoms with Gasteiger partial charge >= 0.3 is 5.97 Å². The number of aryl methyl sites for hydroxylation is 1. The summed E-state index contributed by atoms with van der Waals surface area (Å²) in [6.07, 6.45) is 1.73. The molecular weight excluding hydrogens is 292 g/mol. The Morgan fingerprint density at radius 2 is 1.96 bits per heavy atom. The first-order chi connectivity index (χ1) is 11.2. The van der Waals surface area contributed by atoms with Gasteiger partial charge in [0.05, 0.1) is 16.5 Å². The number of carbonyl (C=O) groups is 1. The Balaban J connectivity index is 1.73. The van der Waals surface area contributed by atoms with Gasteiger partial charge in [0.2, 0.25) is 0 Å². The summed E-state index contributed by atoms with van der Waals surface area (Å²) in [6, 6.07) is 13.8. The lowest BCUT2D eigenvalue weighted by atomic mass is 10.1. The quantitative estimate of drug-likeness (QED) is 0.539. The van der Waals surface area contributed by atoms with Crippen molar-refractivity contribution in [2.75, 3.05) is 0 Å². The summed E-state index contributed by atoms with van der Waals surface area (Å²) in [4.78, 5) is 29.2. The lowest BCUT2D eigenvalue weighted by molar-refractivity contribution is 0.0735. The summed E-state index contributed by atoms with van der Waals surface area (Å²) >= 11 is 0. The van der Waals surface area contributed by atoms with Crippen LogP contribution in [0.1, 0.15) is 22.6 Å².